The summed E-state index contributed by atoms with van der Waals surface area (Å²) in [6.45, 7) is 0.618. The topological polar surface area (TPSA) is 76.2 Å². The van der Waals surface area contributed by atoms with E-state index in [1.807, 2.05) is 18.2 Å². The number of imidazole rings is 1. The third-order valence-electron chi connectivity index (χ3n) is 4.11. The number of halogens is 1. The number of carbonyl (C=O) groups is 1. The number of terminal acetylenes is 1. The molecule has 0 bridgehead atoms. The van der Waals surface area contributed by atoms with Crippen LogP contribution < -0.4 is 14.8 Å². The summed E-state index contributed by atoms with van der Waals surface area (Å²) in [7, 11) is 1.53. The van der Waals surface area contributed by atoms with E-state index in [2.05, 4.69) is 21.2 Å². The number of carbonyl (C=O) groups excluding carboxylic acids is 1. The van der Waals surface area contributed by atoms with E-state index in [-0.39, 0.29) is 12.5 Å². The largest absolute Gasteiger partial charge is 0.493 e. The van der Waals surface area contributed by atoms with E-state index in [1.54, 1.807) is 18.2 Å². The van der Waals surface area contributed by atoms with Crippen molar-refractivity contribution in [1.29, 1.82) is 0 Å². The minimum Gasteiger partial charge on any atom is -0.493 e. The van der Waals surface area contributed by atoms with Gasteiger partial charge in [0.15, 0.2) is 11.5 Å². The molecule has 0 saturated heterocycles. The number of H-pyrrole nitrogens is 1. The Bertz CT molecular complexity index is 1020. The first-order valence-corrected chi connectivity index (χ1v) is 9.15. The number of amides is 1. The molecule has 0 spiro atoms. The van der Waals surface area contributed by atoms with Crippen LogP contribution in [0.1, 0.15) is 22.6 Å². The zero-order valence-corrected chi connectivity index (χ0v) is 16.2. The highest BCUT2D eigenvalue weighted by molar-refractivity contribution is 6.31. The van der Waals surface area contributed by atoms with E-state index >= 15 is 0 Å². The second-order valence-electron chi connectivity index (χ2n) is 6.06. The van der Waals surface area contributed by atoms with Gasteiger partial charge in [0.25, 0.3) is 5.91 Å². The quantitative estimate of drug-likeness (QED) is 0.450. The smallest absolute Gasteiger partial charge is 0.251 e. The van der Waals surface area contributed by atoms with Crippen LogP contribution >= 0.6 is 11.6 Å². The third-order valence-corrected chi connectivity index (χ3v) is 4.34. The van der Waals surface area contributed by atoms with Crippen molar-refractivity contribution in [3.63, 3.8) is 0 Å². The maximum absolute atomic E-state index is 12.4. The van der Waals surface area contributed by atoms with Crippen LogP contribution in [-0.2, 0) is 6.42 Å². The molecule has 6 nitrogen and oxygen atoms in total. The highest BCUT2D eigenvalue weighted by Gasteiger charge is 2.11. The Morgan fingerprint density at radius 2 is 2.14 bits per heavy atom. The zero-order chi connectivity index (χ0) is 19.9. The Morgan fingerprint density at radius 3 is 2.93 bits per heavy atom. The van der Waals surface area contributed by atoms with Gasteiger partial charge in [0, 0.05) is 23.6 Å². The molecule has 7 heteroatoms. The lowest BCUT2D eigenvalue weighted by Crippen LogP contribution is -2.24. The van der Waals surface area contributed by atoms with Gasteiger partial charge < -0.3 is 19.8 Å². The molecule has 0 aliphatic carbocycles. The number of rotatable bonds is 8. The summed E-state index contributed by atoms with van der Waals surface area (Å²) in [5.41, 5.74) is 2.26. The van der Waals surface area contributed by atoms with E-state index in [0.29, 0.717) is 35.1 Å². The highest BCUT2D eigenvalue weighted by atomic mass is 35.5. The van der Waals surface area contributed by atoms with Gasteiger partial charge in [0.05, 0.1) is 18.1 Å². The van der Waals surface area contributed by atoms with Crippen molar-refractivity contribution >= 4 is 28.5 Å². The number of aryl methyl sites for hydroxylation is 1. The SMILES string of the molecule is C#CCOc1cc(C(=O)NCCCc2nc3ccc(Cl)cc3[nH]2)ccc1OC. The van der Waals surface area contributed by atoms with Crippen molar-refractivity contribution in [3.05, 3.63) is 52.8 Å². The van der Waals surface area contributed by atoms with Crippen molar-refractivity contribution in [2.45, 2.75) is 12.8 Å². The summed E-state index contributed by atoms with van der Waals surface area (Å²) in [6.07, 6.45) is 6.68. The maximum Gasteiger partial charge on any atom is 0.251 e. The van der Waals surface area contributed by atoms with Crippen LogP contribution in [0.2, 0.25) is 5.02 Å². The van der Waals surface area contributed by atoms with Crippen molar-refractivity contribution in [3.8, 4) is 23.8 Å². The molecule has 0 radical (unpaired) electrons. The fourth-order valence-electron chi connectivity index (χ4n) is 2.76. The van der Waals surface area contributed by atoms with Crippen molar-refractivity contribution in [2.24, 2.45) is 0 Å². The summed E-state index contributed by atoms with van der Waals surface area (Å²) in [6, 6.07) is 10.5. The molecule has 2 N–H and O–H groups in total. The predicted molar refractivity (Wildman–Crippen MR) is 109 cm³/mol. The van der Waals surface area contributed by atoms with Gasteiger partial charge in [-0.25, -0.2) is 4.98 Å². The molecule has 0 aliphatic heterocycles. The van der Waals surface area contributed by atoms with Gasteiger partial charge in [-0.05, 0) is 42.8 Å². The Balaban J connectivity index is 1.54. The van der Waals surface area contributed by atoms with E-state index in [0.717, 1.165) is 23.3 Å². The lowest BCUT2D eigenvalue weighted by molar-refractivity contribution is 0.0952. The van der Waals surface area contributed by atoms with Crippen LogP contribution in [0.3, 0.4) is 0 Å². The van der Waals surface area contributed by atoms with Gasteiger partial charge in [0.2, 0.25) is 0 Å². The van der Waals surface area contributed by atoms with E-state index < -0.39 is 0 Å². The summed E-state index contributed by atoms with van der Waals surface area (Å²) in [5, 5.41) is 3.56. The molecule has 1 heterocycles. The summed E-state index contributed by atoms with van der Waals surface area (Å²) in [4.78, 5) is 20.1. The molecule has 0 aliphatic rings. The molecule has 2 aromatic carbocycles. The second-order valence-corrected chi connectivity index (χ2v) is 6.50. The van der Waals surface area contributed by atoms with E-state index in [1.165, 1.54) is 7.11 Å². The normalized spacial score (nSPS) is 10.5. The fourth-order valence-corrected chi connectivity index (χ4v) is 2.94. The average molecular weight is 398 g/mol. The summed E-state index contributed by atoms with van der Waals surface area (Å²) in [5.74, 6) is 4.03. The minimum atomic E-state index is -0.190. The van der Waals surface area contributed by atoms with Crippen molar-refractivity contribution < 1.29 is 14.3 Å². The number of aromatic nitrogens is 2. The molecular weight excluding hydrogens is 378 g/mol. The van der Waals surface area contributed by atoms with Gasteiger partial charge in [-0.15, -0.1) is 6.42 Å². The molecule has 1 amide bonds. The molecule has 3 aromatic rings. The Labute approximate surface area is 168 Å². The molecule has 0 saturated carbocycles. The standard InChI is InChI=1S/C21H20ClN3O3/c1-3-11-28-19-12-14(6-9-18(19)27-2)21(26)23-10-4-5-20-24-16-8-7-15(22)13-17(16)25-20/h1,6-9,12-13H,4-5,10-11H2,2H3,(H,23,26)(H,24,25). The fraction of sp³-hybridized carbons (Fsp3) is 0.238. The number of benzene rings is 2. The Hall–Kier alpha value is -3.17. The predicted octanol–water partition coefficient (Wildman–Crippen LogP) is 3.60. The number of methoxy groups -OCH3 is 1. The van der Waals surface area contributed by atoms with Crippen LogP contribution in [0.4, 0.5) is 0 Å². The van der Waals surface area contributed by atoms with Gasteiger partial charge in [-0.1, -0.05) is 17.5 Å². The lowest BCUT2D eigenvalue weighted by atomic mass is 10.2. The van der Waals surface area contributed by atoms with Crippen LogP contribution in [0, 0.1) is 12.3 Å². The van der Waals surface area contributed by atoms with Crippen LogP contribution in [-0.4, -0.2) is 36.1 Å². The molecule has 144 valence electrons. The van der Waals surface area contributed by atoms with Gasteiger partial charge in [-0.3, -0.25) is 4.79 Å². The van der Waals surface area contributed by atoms with Gasteiger partial charge in [-0.2, -0.15) is 0 Å². The number of aromatic amines is 1. The minimum absolute atomic E-state index is 0.101. The third kappa shape index (κ3) is 4.76. The van der Waals surface area contributed by atoms with Crippen molar-refractivity contribution in [1.82, 2.24) is 15.3 Å². The van der Waals surface area contributed by atoms with E-state index in [9.17, 15) is 4.79 Å². The molecule has 1 aromatic heterocycles. The molecule has 28 heavy (non-hydrogen) atoms. The average Bonchev–Trinajstić information content (AvgIpc) is 3.11. The number of nitrogens with zero attached hydrogens (tertiary/aromatic N) is 1. The first kappa shape index (κ1) is 19.6. The Kier molecular flexibility index (Phi) is 6.41. The first-order valence-electron chi connectivity index (χ1n) is 8.77. The zero-order valence-electron chi connectivity index (χ0n) is 15.4. The van der Waals surface area contributed by atoms with Crippen LogP contribution in [0.5, 0.6) is 11.5 Å². The van der Waals surface area contributed by atoms with Crippen LogP contribution in [0.25, 0.3) is 11.0 Å². The highest BCUT2D eigenvalue weighted by Crippen LogP contribution is 2.28. The summed E-state index contributed by atoms with van der Waals surface area (Å²) < 4.78 is 10.6. The Morgan fingerprint density at radius 1 is 1.29 bits per heavy atom. The number of nitrogens with one attached hydrogen (secondary N) is 2. The van der Waals surface area contributed by atoms with E-state index in [4.69, 9.17) is 27.5 Å². The number of hydrogen-bond acceptors (Lipinski definition) is 4. The molecule has 0 atom stereocenters. The summed E-state index contributed by atoms with van der Waals surface area (Å²) >= 11 is 5.98. The lowest BCUT2D eigenvalue weighted by Gasteiger charge is -2.11. The number of fused-ring (bicyclic) bond motifs is 1. The maximum atomic E-state index is 12.4. The van der Waals surface area contributed by atoms with Crippen molar-refractivity contribution in [2.75, 3.05) is 20.3 Å². The molecule has 0 unspecified atom stereocenters. The van der Waals surface area contributed by atoms with Crippen LogP contribution in [0.15, 0.2) is 36.4 Å². The second kappa shape index (κ2) is 9.16. The van der Waals surface area contributed by atoms with Gasteiger partial charge in [0.1, 0.15) is 12.4 Å². The number of hydrogen-bond donors (Lipinski definition) is 2. The molecule has 0 fully saturated rings. The monoisotopic (exact) mass is 397 g/mol. The van der Waals surface area contributed by atoms with Gasteiger partial charge >= 0.3 is 0 Å². The first-order chi connectivity index (χ1) is 13.6. The molecular formula is C21H20ClN3O3. The molecule has 3 rings (SSSR count). The number of ether oxygens (including phenoxy) is 2.